The molecule has 2 heterocycles. The second kappa shape index (κ2) is 8.04. The van der Waals surface area contributed by atoms with E-state index in [0.29, 0.717) is 5.69 Å². The largest absolute Gasteiger partial charge is 0.379 e. The van der Waals surface area contributed by atoms with E-state index in [1.807, 2.05) is 25.1 Å². The highest BCUT2D eigenvalue weighted by molar-refractivity contribution is 5.92. The van der Waals surface area contributed by atoms with Crippen molar-refractivity contribution in [2.24, 2.45) is 0 Å². The first-order valence-electron chi connectivity index (χ1n) is 8.40. The highest BCUT2D eigenvalue weighted by atomic mass is 16.5. The van der Waals surface area contributed by atoms with Gasteiger partial charge in [-0.1, -0.05) is 18.2 Å². The van der Waals surface area contributed by atoms with Gasteiger partial charge in [-0.05, 0) is 25.1 Å². The highest BCUT2D eigenvalue weighted by Gasteiger charge is 2.17. The van der Waals surface area contributed by atoms with Gasteiger partial charge in [-0.15, -0.1) is 0 Å². The first-order valence-corrected chi connectivity index (χ1v) is 8.40. The summed E-state index contributed by atoms with van der Waals surface area (Å²) >= 11 is 0. The Balaban J connectivity index is 1.68. The Hall–Kier alpha value is -2.51. The first-order chi connectivity index (χ1) is 12.1. The number of ether oxygens (including phenoxy) is 1. The zero-order valence-corrected chi connectivity index (χ0v) is 14.2. The number of amides is 1. The molecule has 132 valence electrons. The lowest BCUT2D eigenvalue weighted by molar-refractivity contribution is 0.0342. The first kappa shape index (κ1) is 17.3. The van der Waals surface area contributed by atoms with Crippen LogP contribution >= 0.6 is 0 Å². The van der Waals surface area contributed by atoms with Crippen LogP contribution in [0, 0.1) is 0 Å². The van der Waals surface area contributed by atoms with Crippen LogP contribution in [-0.2, 0) is 4.74 Å². The van der Waals surface area contributed by atoms with E-state index < -0.39 is 0 Å². The molecule has 7 heteroatoms. The Morgan fingerprint density at radius 1 is 1.20 bits per heavy atom. The molecule has 1 aromatic carbocycles. The maximum absolute atomic E-state index is 12.5. The number of morpholine rings is 1. The van der Waals surface area contributed by atoms with Crippen LogP contribution in [0.5, 0.6) is 0 Å². The number of para-hydroxylation sites is 1. The van der Waals surface area contributed by atoms with Crippen molar-refractivity contribution in [1.82, 2.24) is 20.0 Å². The van der Waals surface area contributed by atoms with Gasteiger partial charge in [0, 0.05) is 31.7 Å². The number of nitrogens with one attached hydrogen (secondary N) is 1. The highest BCUT2D eigenvalue weighted by Crippen LogP contribution is 2.04. The fourth-order valence-electron chi connectivity index (χ4n) is 2.80. The Kier molecular flexibility index (Phi) is 5.57. The number of benzene rings is 1. The number of nitrogens with zero attached hydrogens (tertiary/aromatic N) is 3. The van der Waals surface area contributed by atoms with Gasteiger partial charge in [0.15, 0.2) is 0 Å². The number of hydrogen-bond donors (Lipinski definition) is 1. The summed E-state index contributed by atoms with van der Waals surface area (Å²) in [5, 5.41) is 7.14. The minimum atomic E-state index is -0.287. The van der Waals surface area contributed by atoms with Crippen molar-refractivity contribution in [2.45, 2.75) is 13.0 Å². The van der Waals surface area contributed by atoms with E-state index >= 15 is 0 Å². The molecule has 1 fully saturated rings. The van der Waals surface area contributed by atoms with E-state index in [4.69, 9.17) is 4.74 Å². The fraction of sp³-hybridized carbons (Fsp3) is 0.389. The average molecular weight is 342 g/mol. The summed E-state index contributed by atoms with van der Waals surface area (Å²) in [6.45, 7) is 5.91. The molecule has 0 bridgehead atoms. The van der Waals surface area contributed by atoms with E-state index in [-0.39, 0.29) is 23.2 Å². The van der Waals surface area contributed by atoms with Gasteiger partial charge in [0.25, 0.3) is 11.5 Å². The number of carbonyl (C=O) groups is 1. The molecule has 0 saturated carbocycles. The molecule has 1 aliphatic rings. The van der Waals surface area contributed by atoms with Gasteiger partial charge in [0.1, 0.15) is 5.69 Å². The average Bonchev–Trinajstić information content (AvgIpc) is 2.63. The summed E-state index contributed by atoms with van der Waals surface area (Å²) in [4.78, 5) is 26.7. The minimum Gasteiger partial charge on any atom is -0.379 e. The van der Waals surface area contributed by atoms with E-state index in [1.54, 1.807) is 12.1 Å². The second-order valence-corrected chi connectivity index (χ2v) is 6.09. The van der Waals surface area contributed by atoms with E-state index in [2.05, 4.69) is 15.3 Å². The molecule has 1 aliphatic heterocycles. The van der Waals surface area contributed by atoms with Gasteiger partial charge in [-0.3, -0.25) is 14.5 Å². The molecule has 3 rings (SSSR count). The molecular formula is C18H22N4O3. The maximum atomic E-state index is 12.5. The third-order valence-electron chi connectivity index (χ3n) is 4.05. The van der Waals surface area contributed by atoms with Crippen LogP contribution in [0.25, 0.3) is 5.69 Å². The molecule has 1 N–H and O–H groups in total. The number of aromatic nitrogens is 2. The SMILES string of the molecule is C[C@H](CN1CCOCC1)NC(=O)c1ccc(=O)n(-c2ccccc2)n1. The molecular weight excluding hydrogens is 320 g/mol. The van der Waals surface area contributed by atoms with Crippen molar-refractivity contribution >= 4 is 5.91 Å². The second-order valence-electron chi connectivity index (χ2n) is 6.09. The monoisotopic (exact) mass is 342 g/mol. The van der Waals surface area contributed by atoms with Crippen LogP contribution in [0.1, 0.15) is 17.4 Å². The number of hydrogen-bond acceptors (Lipinski definition) is 5. The zero-order valence-electron chi connectivity index (χ0n) is 14.2. The van der Waals surface area contributed by atoms with Crippen molar-refractivity contribution in [1.29, 1.82) is 0 Å². The molecule has 1 amide bonds. The summed E-state index contributed by atoms with van der Waals surface area (Å²) < 4.78 is 6.56. The van der Waals surface area contributed by atoms with E-state index in [1.165, 1.54) is 16.8 Å². The third kappa shape index (κ3) is 4.52. The van der Waals surface area contributed by atoms with Crippen molar-refractivity contribution in [3.05, 3.63) is 58.5 Å². The van der Waals surface area contributed by atoms with Gasteiger partial charge in [-0.2, -0.15) is 9.78 Å². The van der Waals surface area contributed by atoms with E-state index in [9.17, 15) is 9.59 Å². The van der Waals surface area contributed by atoms with Crippen LogP contribution in [-0.4, -0.2) is 59.5 Å². The quantitative estimate of drug-likeness (QED) is 0.865. The van der Waals surface area contributed by atoms with Crippen LogP contribution in [0.15, 0.2) is 47.3 Å². The lowest BCUT2D eigenvalue weighted by Gasteiger charge is -2.29. The lowest BCUT2D eigenvalue weighted by Crippen LogP contribution is -2.46. The van der Waals surface area contributed by atoms with Crippen LogP contribution in [0.3, 0.4) is 0 Å². The van der Waals surface area contributed by atoms with Gasteiger partial charge < -0.3 is 10.1 Å². The summed E-state index contributed by atoms with van der Waals surface area (Å²) in [6.07, 6.45) is 0. The predicted molar refractivity (Wildman–Crippen MR) is 94.0 cm³/mol. The van der Waals surface area contributed by atoms with Crippen LogP contribution < -0.4 is 10.9 Å². The smallest absolute Gasteiger partial charge is 0.271 e. The summed E-state index contributed by atoms with van der Waals surface area (Å²) in [5.74, 6) is -0.287. The zero-order chi connectivity index (χ0) is 17.6. The Labute approximate surface area is 146 Å². The molecule has 25 heavy (non-hydrogen) atoms. The van der Waals surface area contributed by atoms with Gasteiger partial charge >= 0.3 is 0 Å². The van der Waals surface area contributed by atoms with Crippen LogP contribution in [0.2, 0.25) is 0 Å². The van der Waals surface area contributed by atoms with Gasteiger partial charge in [0.05, 0.1) is 18.9 Å². The Morgan fingerprint density at radius 3 is 2.64 bits per heavy atom. The van der Waals surface area contributed by atoms with Crippen LogP contribution in [0.4, 0.5) is 0 Å². The molecule has 0 radical (unpaired) electrons. The van der Waals surface area contributed by atoms with Gasteiger partial charge in [0.2, 0.25) is 0 Å². The number of rotatable bonds is 5. The normalized spacial score (nSPS) is 16.4. The molecule has 1 atom stereocenters. The molecule has 2 aromatic rings. The standard InChI is InChI=1S/C18H22N4O3/c1-14(13-21-9-11-25-12-10-21)19-18(24)16-7-8-17(23)22(20-16)15-5-3-2-4-6-15/h2-8,14H,9-13H2,1H3,(H,19,24)/t14-/m1/s1. The molecule has 0 spiro atoms. The Bertz CT molecular complexity index is 769. The predicted octanol–water partition coefficient (Wildman–Crippen LogP) is 0.683. The molecule has 1 aromatic heterocycles. The number of carbonyl (C=O) groups excluding carboxylic acids is 1. The van der Waals surface area contributed by atoms with Crippen molar-refractivity contribution in [2.75, 3.05) is 32.8 Å². The summed E-state index contributed by atoms with van der Waals surface area (Å²) in [6, 6.07) is 11.8. The lowest BCUT2D eigenvalue weighted by atomic mass is 10.2. The topological polar surface area (TPSA) is 76.5 Å². The molecule has 1 saturated heterocycles. The summed E-state index contributed by atoms with van der Waals surface area (Å²) in [5.41, 5.74) is 0.574. The maximum Gasteiger partial charge on any atom is 0.271 e. The third-order valence-corrected chi connectivity index (χ3v) is 4.05. The molecule has 7 nitrogen and oxygen atoms in total. The molecule has 0 aliphatic carbocycles. The minimum absolute atomic E-state index is 0.0236. The molecule has 0 unspecified atom stereocenters. The summed E-state index contributed by atoms with van der Waals surface area (Å²) in [7, 11) is 0. The van der Waals surface area contributed by atoms with E-state index in [0.717, 1.165) is 32.8 Å². The van der Waals surface area contributed by atoms with Crippen molar-refractivity contribution in [3.63, 3.8) is 0 Å². The van der Waals surface area contributed by atoms with Gasteiger partial charge in [-0.25, -0.2) is 0 Å². The Morgan fingerprint density at radius 2 is 1.92 bits per heavy atom. The van der Waals surface area contributed by atoms with Crippen molar-refractivity contribution < 1.29 is 9.53 Å². The fourth-order valence-corrected chi connectivity index (χ4v) is 2.80. The van der Waals surface area contributed by atoms with Crippen molar-refractivity contribution in [3.8, 4) is 5.69 Å².